The molecular weight excluding hydrogens is 256 g/mol. The van der Waals surface area contributed by atoms with Crippen LogP contribution in [-0.4, -0.2) is 11.6 Å². The maximum atomic E-state index is 8.64. The average molecular weight is 272 g/mol. The Hall–Kier alpha value is -1.86. The van der Waals surface area contributed by atoms with Crippen LogP contribution in [-0.2, 0) is 6.42 Å². The van der Waals surface area contributed by atoms with E-state index in [2.05, 4.69) is 24.9 Å². The monoisotopic (exact) mass is 272 g/mol. The third-order valence-corrected chi connectivity index (χ3v) is 3.36. The molecule has 2 aromatic rings. The van der Waals surface area contributed by atoms with Gasteiger partial charge in [-0.1, -0.05) is 13.8 Å². The molecule has 0 amide bonds. The van der Waals surface area contributed by atoms with E-state index in [0.29, 0.717) is 12.3 Å². The van der Waals surface area contributed by atoms with Crippen molar-refractivity contribution in [1.29, 1.82) is 5.26 Å². The topological polar surface area (TPSA) is 45.9 Å². The molecular formula is C15H16N2OS. The molecule has 0 aliphatic rings. The van der Waals surface area contributed by atoms with Crippen LogP contribution < -0.4 is 4.74 Å². The standard InChI is InChI=1S/C15H16N2OS/c1-11(2)9-18-13-5-3-12(4-6-13)14-10-19-15(17-14)7-8-16/h3-6,10-11H,7,9H2,1-2H3. The van der Waals surface area contributed by atoms with Crippen molar-refractivity contribution in [2.24, 2.45) is 5.92 Å². The van der Waals surface area contributed by atoms with Crippen LogP contribution in [0, 0.1) is 17.2 Å². The highest BCUT2D eigenvalue weighted by molar-refractivity contribution is 7.10. The zero-order valence-corrected chi connectivity index (χ0v) is 11.9. The Morgan fingerprint density at radius 1 is 1.32 bits per heavy atom. The molecule has 19 heavy (non-hydrogen) atoms. The van der Waals surface area contributed by atoms with Gasteiger partial charge in [-0.2, -0.15) is 5.26 Å². The summed E-state index contributed by atoms with van der Waals surface area (Å²) in [6.45, 7) is 4.98. The zero-order chi connectivity index (χ0) is 13.7. The first-order valence-corrected chi connectivity index (χ1v) is 7.11. The lowest BCUT2D eigenvalue weighted by molar-refractivity contribution is 0.271. The number of nitrogens with zero attached hydrogens (tertiary/aromatic N) is 2. The van der Waals surface area contributed by atoms with Gasteiger partial charge in [0.05, 0.1) is 24.8 Å². The second-order valence-electron chi connectivity index (χ2n) is 4.69. The van der Waals surface area contributed by atoms with Gasteiger partial charge in [0, 0.05) is 10.9 Å². The summed E-state index contributed by atoms with van der Waals surface area (Å²) in [4.78, 5) is 4.43. The molecule has 1 aromatic carbocycles. The highest BCUT2D eigenvalue weighted by atomic mass is 32.1. The van der Waals surface area contributed by atoms with E-state index in [1.54, 1.807) is 0 Å². The molecule has 1 heterocycles. The minimum atomic E-state index is 0.375. The van der Waals surface area contributed by atoms with Gasteiger partial charge in [0.1, 0.15) is 10.8 Å². The van der Waals surface area contributed by atoms with E-state index in [4.69, 9.17) is 10.00 Å². The first kappa shape index (κ1) is 13.6. The predicted molar refractivity (Wildman–Crippen MR) is 77.2 cm³/mol. The van der Waals surface area contributed by atoms with Crippen LogP contribution in [0.3, 0.4) is 0 Å². The fourth-order valence-corrected chi connectivity index (χ4v) is 2.31. The number of rotatable bonds is 5. The van der Waals surface area contributed by atoms with Crippen LogP contribution in [0.4, 0.5) is 0 Å². The van der Waals surface area contributed by atoms with E-state index in [9.17, 15) is 0 Å². The molecule has 0 atom stereocenters. The molecule has 0 fully saturated rings. The van der Waals surface area contributed by atoms with Crippen LogP contribution in [0.2, 0.25) is 0 Å². The summed E-state index contributed by atoms with van der Waals surface area (Å²) in [6.07, 6.45) is 0.375. The Balaban J connectivity index is 2.07. The van der Waals surface area contributed by atoms with Crippen LogP contribution in [0.15, 0.2) is 29.6 Å². The van der Waals surface area contributed by atoms with Gasteiger partial charge in [0.25, 0.3) is 0 Å². The Kier molecular flexibility index (Phi) is 4.53. The van der Waals surface area contributed by atoms with Gasteiger partial charge in [0.15, 0.2) is 0 Å². The van der Waals surface area contributed by atoms with E-state index in [1.165, 1.54) is 11.3 Å². The minimum Gasteiger partial charge on any atom is -0.493 e. The van der Waals surface area contributed by atoms with Gasteiger partial charge in [0.2, 0.25) is 0 Å². The molecule has 0 N–H and O–H groups in total. The maximum Gasteiger partial charge on any atom is 0.119 e. The average Bonchev–Trinajstić information content (AvgIpc) is 2.86. The number of hydrogen-bond donors (Lipinski definition) is 0. The van der Waals surface area contributed by atoms with Gasteiger partial charge < -0.3 is 4.74 Å². The summed E-state index contributed by atoms with van der Waals surface area (Å²) in [5.74, 6) is 1.40. The number of benzene rings is 1. The largest absolute Gasteiger partial charge is 0.493 e. The minimum absolute atomic E-state index is 0.375. The number of aromatic nitrogens is 1. The number of hydrogen-bond acceptors (Lipinski definition) is 4. The van der Waals surface area contributed by atoms with Crippen LogP contribution in [0.1, 0.15) is 18.9 Å². The van der Waals surface area contributed by atoms with Gasteiger partial charge >= 0.3 is 0 Å². The molecule has 0 bridgehead atoms. The molecule has 1 aromatic heterocycles. The van der Waals surface area contributed by atoms with E-state index < -0.39 is 0 Å². The van der Waals surface area contributed by atoms with Gasteiger partial charge in [-0.25, -0.2) is 4.98 Å². The van der Waals surface area contributed by atoms with Crippen molar-refractivity contribution in [3.8, 4) is 23.1 Å². The highest BCUT2D eigenvalue weighted by Crippen LogP contribution is 2.24. The van der Waals surface area contributed by atoms with Gasteiger partial charge in [-0.15, -0.1) is 11.3 Å². The quantitative estimate of drug-likeness (QED) is 0.829. The highest BCUT2D eigenvalue weighted by Gasteiger charge is 2.05. The molecule has 0 unspecified atom stereocenters. The third kappa shape index (κ3) is 3.80. The summed E-state index contributed by atoms with van der Waals surface area (Å²) < 4.78 is 5.64. The molecule has 4 heteroatoms. The smallest absolute Gasteiger partial charge is 0.119 e. The molecule has 0 saturated carbocycles. The van der Waals surface area contributed by atoms with Crippen LogP contribution >= 0.6 is 11.3 Å². The summed E-state index contributed by atoms with van der Waals surface area (Å²) in [7, 11) is 0. The Labute approximate surface area is 117 Å². The van der Waals surface area contributed by atoms with E-state index in [0.717, 1.165) is 28.6 Å². The molecule has 0 aliphatic carbocycles. The molecule has 0 spiro atoms. The first-order chi connectivity index (χ1) is 9.19. The number of thiazole rings is 1. The van der Waals surface area contributed by atoms with E-state index in [-0.39, 0.29) is 0 Å². The lowest BCUT2D eigenvalue weighted by Gasteiger charge is -2.08. The van der Waals surface area contributed by atoms with Crippen molar-refractivity contribution in [2.45, 2.75) is 20.3 Å². The van der Waals surface area contributed by atoms with Crippen LogP contribution in [0.25, 0.3) is 11.3 Å². The summed E-state index contributed by atoms with van der Waals surface area (Å²) in [5.41, 5.74) is 1.97. The second-order valence-corrected chi connectivity index (χ2v) is 5.63. The first-order valence-electron chi connectivity index (χ1n) is 6.23. The van der Waals surface area contributed by atoms with Gasteiger partial charge in [-0.3, -0.25) is 0 Å². The van der Waals surface area contributed by atoms with Crippen molar-refractivity contribution in [2.75, 3.05) is 6.61 Å². The molecule has 0 saturated heterocycles. The Morgan fingerprint density at radius 2 is 2.05 bits per heavy atom. The van der Waals surface area contributed by atoms with Crippen molar-refractivity contribution in [3.05, 3.63) is 34.7 Å². The SMILES string of the molecule is CC(C)COc1ccc(-c2csc(CC#N)n2)cc1. The lowest BCUT2D eigenvalue weighted by Crippen LogP contribution is -2.04. The van der Waals surface area contributed by atoms with Gasteiger partial charge in [-0.05, 0) is 30.2 Å². The summed E-state index contributed by atoms with van der Waals surface area (Å²) >= 11 is 1.52. The van der Waals surface area contributed by atoms with Crippen LogP contribution in [0.5, 0.6) is 5.75 Å². The van der Waals surface area contributed by atoms with Crippen molar-refractivity contribution in [1.82, 2.24) is 4.98 Å². The fraction of sp³-hybridized carbons (Fsp3) is 0.333. The van der Waals surface area contributed by atoms with E-state index in [1.807, 2.05) is 29.6 Å². The molecule has 3 nitrogen and oxygen atoms in total. The van der Waals surface area contributed by atoms with Crippen molar-refractivity contribution >= 4 is 11.3 Å². The van der Waals surface area contributed by atoms with Crippen molar-refractivity contribution < 1.29 is 4.74 Å². The normalized spacial score (nSPS) is 10.4. The zero-order valence-electron chi connectivity index (χ0n) is 11.1. The van der Waals surface area contributed by atoms with Crippen molar-refractivity contribution in [3.63, 3.8) is 0 Å². The number of ether oxygens (including phenoxy) is 1. The van der Waals surface area contributed by atoms with E-state index >= 15 is 0 Å². The molecule has 0 radical (unpaired) electrons. The lowest BCUT2D eigenvalue weighted by atomic mass is 10.1. The molecule has 0 aliphatic heterocycles. The second kappa shape index (κ2) is 6.35. The molecule has 98 valence electrons. The third-order valence-electron chi connectivity index (χ3n) is 2.52. The fourth-order valence-electron chi connectivity index (χ4n) is 1.58. The number of nitriles is 1. The Morgan fingerprint density at radius 3 is 2.68 bits per heavy atom. The summed E-state index contributed by atoms with van der Waals surface area (Å²) in [6, 6.07) is 10.0. The predicted octanol–water partition coefficient (Wildman–Crippen LogP) is 3.91. The maximum absolute atomic E-state index is 8.64. The summed E-state index contributed by atoms with van der Waals surface area (Å²) in [5, 5.41) is 11.5. The molecule has 2 rings (SSSR count). The Bertz CT molecular complexity index is 567.